The normalized spacial score (nSPS) is 14.7. The third-order valence-corrected chi connectivity index (χ3v) is 8.28. The van der Waals surface area contributed by atoms with E-state index in [0.717, 1.165) is 0 Å². The molecule has 1 nitrogen and oxygen atoms in total. The number of rotatable bonds is 27. The van der Waals surface area contributed by atoms with E-state index in [2.05, 4.69) is 11.8 Å². The Morgan fingerprint density at radius 3 is 0.882 bits per heavy atom. The topological polar surface area (TPSA) is 3.24 Å². The summed E-state index contributed by atoms with van der Waals surface area (Å²) in [4.78, 5) is 2.70. The Bertz CT molecular complexity index is 360. The van der Waals surface area contributed by atoms with Crippen molar-refractivity contribution in [3.05, 3.63) is 0 Å². The molecule has 0 saturated carbocycles. The summed E-state index contributed by atoms with van der Waals surface area (Å²) in [5.41, 5.74) is 0. The van der Waals surface area contributed by atoms with E-state index in [1.54, 1.807) is 0 Å². The summed E-state index contributed by atoms with van der Waals surface area (Å²) in [6, 6.07) is 0. The summed E-state index contributed by atoms with van der Waals surface area (Å²) < 4.78 is 0. The Hall–Kier alpha value is -0.0400. The van der Waals surface area contributed by atoms with Gasteiger partial charge in [-0.25, -0.2) is 0 Å². The molecule has 1 rings (SSSR count). The van der Waals surface area contributed by atoms with Crippen molar-refractivity contribution in [2.45, 2.75) is 193 Å². The van der Waals surface area contributed by atoms with E-state index in [9.17, 15) is 0 Å². The van der Waals surface area contributed by atoms with E-state index in [4.69, 9.17) is 0 Å². The second kappa shape index (κ2) is 27.5. The predicted molar refractivity (Wildman–Crippen MR) is 156 cm³/mol. The molecule has 1 heteroatoms. The molecule has 1 saturated heterocycles. The molecule has 0 atom stereocenters. The molecule has 0 aromatic rings. The van der Waals surface area contributed by atoms with Crippen molar-refractivity contribution in [2.24, 2.45) is 0 Å². The first-order valence-electron chi connectivity index (χ1n) is 16.7. The van der Waals surface area contributed by atoms with Gasteiger partial charge in [0.2, 0.25) is 0 Å². The van der Waals surface area contributed by atoms with Gasteiger partial charge in [0.15, 0.2) is 0 Å². The van der Waals surface area contributed by atoms with Gasteiger partial charge in [0, 0.05) is 0 Å². The Morgan fingerprint density at radius 2 is 0.588 bits per heavy atom. The lowest BCUT2D eigenvalue weighted by Gasteiger charge is -2.26. The van der Waals surface area contributed by atoms with Crippen LogP contribution in [0.1, 0.15) is 193 Å². The fraction of sp³-hybridized carbons (Fsp3) is 1.00. The Morgan fingerprint density at radius 1 is 0.324 bits per heavy atom. The average molecular weight is 478 g/mol. The van der Waals surface area contributed by atoms with Crippen molar-refractivity contribution in [1.29, 1.82) is 0 Å². The summed E-state index contributed by atoms with van der Waals surface area (Å²) in [7, 11) is 0. The molecule has 0 aromatic heterocycles. The van der Waals surface area contributed by atoms with Gasteiger partial charge in [-0.15, -0.1) is 0 Å². The molecule has 0 spiro atoms. The molecule has 0 aromatic carbocycles. The van der Waals surface area contributed by atoms with Crippen LogP contribution in [0.2, 0.25) is 0 Å². The molecule has 0 radical (unpaired) electrons. The maximum absolute atomic E-state index is 2.70. The molecule has 0 bridgehead atoms. The van der Waals surface area contributed by atoms with Gasteiger partial charge in [-0.3, -0.25) is 0 Å². The maximum atomic E-state index is 2.70. The molecule has 0 N–H and O–H groups in total. The first kappa shape index (κ1) is 32.0. The van der Waals surface area contributed by atoms with Crippen molar-refractivity contribution >= 4 is 0 Å². The number of unbranched alkanes of at least 4 members (excludes halogenated alkanes) is 25. The summed E-state index contributed by atoms with van der Waals surface area (Å²) >= 11 is 0. The Balaban J connectivity index is 1.61. The molecule has 0 amide bonds. The fourth-order valence-corrected chi connectivity index (χ4v) is 5.83. The molecule has 34 heavy (non-hydrogen) atoms. The zero-order chi connectivity index (χ0) is 24.2. The summed E-state index contributed by atoms with van der Waals surface area (Å²) in [5, 5.41) is 0. The van der Waals surface area contributed by atoms with Crippen LogP contribution in [-0.2, 0) is 0 Å². The second-order valence-corrected chi connectivity index (χ2v) is 11.7. The van der Waals surface area contributed by atoms with Gasteiger partial charge >= 0.3 is 0 Å². The van der Waals surface area contributed by atoms with E-state index in [-0.39, 0.29) is 0 Å². The standard InChI is InChI=1S/C33H67N/c1-2-3-4-5-6-7-8-9-10-11-12-13-14-15-16-17-18-19-20-21-22-23-24-25-26-28-31-34-32-29-27-30-33-34/h2-33H2,1H3. The molecule has 0 unspecified atom stereocenters. The van der Waals surface area contributed by atoms with E-state index >= 15 is 0 Å². The summed E-state index contributed by atoms with van der Waals surface area (Å²) in [6.07, 6.45) is 42.9. The molecule has 204 valence electrons. The Kier molecular flexibility index (Phi) is 25.9. The van der Waals surface area contributed by atoms with Crippen LogP contribution >= 0.6 is 0 Å². The van der Waals surface area contributed by atoms with Crippen molar-refractivity contribution in [2.75, 3.05) is 19.6 Å². The maximum Gasteiger partial charge on any atom is -0.00187 e. The quantitative estimate of drug-likeness (QED) is 0.106. The van der Waals surface area contributed by atoms with Gasteiger partial charge in [-0.05, 0) is 38.9 Å². The SMILES string of the molecule is CCCCCCCCCCCCCCCCCCCCCCCCCCCCN1CCCCC1. The number of likely N-dealkylation sites (tertiary alicyclic amines) is 1. The summed E-state index contributed by atoms with van der Waals surface area (Å²) in [5.74, 6) is 0. The van der Waals surface area contributed by atoms with Crippen molar-refractivity contribution < 1.29 is 0 Å². The molecule has 0 aliphatic carbocycles. The van der Waals surface area contributed by atoms with Crippen molar-refractivity contribution in [3.63, 3.8) is 0 Å². The largest absolute Gasteiger partial charge is 0.303 e. The number of nitrogens with zero attached hydrogens (tertiary/aromatic N) is 1. The van der Waals surface area contributed by atoms with E-state index in [1.165, 1.54) is 206 Å². The molecular formula is C33H67N. The molecule has 1 aliphatic rings. The van der Waals surface area contributed by atoms with Crippen LogP contribution in [0.25, 0.3) is 0 Å². The van der Waals surface area contributed by atoms with Crippen molar-refractivity contribution in [1.82, 2.24) is 4.90 Å². The average Bonchev–Trinajstić information content (AvgIpc) is 2.87. The lowest BCUT2D eigenvalue weighted by atomic mass is 10.0. The molecule has 1 heterocycles. The summed E-state index contributed by atoms with van der Waals surface area (Å²) in [6.45, 7) is 6.43. The predicted octanol–water partition coefficient (Wildman–Crippen LogP) is 11.6. The minimum absolute atomic E-state index is 1.37. The monoisotopic (exact) mass is 478 g/mol. The highest BCUT2D eigenvalue weighted by atomic mass is 15.1. The lowest BCUT2D eigenvalue weighted by molar-refractivity contribution is 0.224. The van der Waals surface area contributed by atoms with Gasteiger partial charge in [-0.1, -0.05) is 174 Å². The van der Waals surface area contributed by atoms with Gasteiger partial charge in [-0.2, -0.15) is 0 Å². The van der Waals surface area contributed by atoms with E-state index < -0.39 is 0 Å². The first-order valence-corrected chi connectivity index (χ1v) is 16.7. The first-order chi connectivity index (χ1) is 16.9. The zero-order valence-electron chi connectivity index (χ0n) is 24.1. The highest BCUT2D eigenvalue weighted by molar-refractivity contribution is 4.64. The highest BCUT2D eigenvalue weighted by Gasteiger charge is 2.08. The van der Waals surface area contributed by atoms with Crippen LogP contribution in [0.15, 0.2) is 0 Å². The van der Waals surface area contributed by atoms with Crippen molar-refractivity contribution in [3.8, 4) is 0 Å². The third kappa shape index (κ3) is 23.7. The minimum atomic E-state index is 1.37. The van der Waals surface area contributed by atoms with Crippen LogP contribution in [0.4, 0.5) is 0 Å². The van der Waals surface area contributed by atoms with Crippen LogP contribution in [0.5, 0.6) is 0 Å². The fourth-order valence-electron chi connectivity index (χ4n) is 5.83. The third-order valence-electron chi connectivity index (χ3n) is 8.28. The number of hydrogen-bond donors (Lipinski definition) is 0. The van der Waals surface area contributed by atoms with Gasteiger partial charge in [0.05, 0.1) is 0 Å². The minimum Gasteiger partial charge on any atom is -0.303 e. The van der Waals surface area contributed by atoms with E-state index in [1.807, 2.05) is 0 Å². The van der Waals surface area contributed by atoms with Crippen LogP contribution in [0.3, 0.4) is 0 Å². The van der Waals surface area contributed by atoms with Crippen LogP contribution in [-0.4, -0.2) is 24.5 Å². The molecular weight excluding hydrogens is 410 g/mol. The van der Waals surface area contributed by atoms with Gasteiger partial charge in [0.1, 0.15) is 0 Å². The second-order valence-electron chi connectivity index (χ2n) is 11.7. The highest BCUT2D eigenvalue weighted by Crippen LogP contribution is 2.16. The van der Waals surface area contributed by atoms with E-state index in [0.29, 0.717) is 0 Å². The van der Waals surface area contributed by atoms with Crippen LogP contribution in [0, 0.1) is 0 Å². The lowest BCUT2D eigenvalue weighted by Crippen LogP contribution is -2.30. The molecule has 1 aliphatic heterocycles. The Labute approximate surface area is 217 Å². The smallest absolute Gasteiger partial charge is 0.00187 e. The number of hydrogen-bond acceptors (Lipinski definition) is 1. The van der Waals surface area contributed by atoms with Crippen LogP contribution < -0.4 is 0 Å². The molecule has 1 fully saturated rings. The van der Waals surface area contributed by atoms with Gasteiger partial charge in [0.25, 0.3) is 0 Å². The van der Waals surface area contributed by atoms with Gasteiger partial charge < -0.3 is 4.90 Å². The zero-order valence-corrected chi connectivity index (χ0v) is 24.1. The number of piperidine rings is 1.